The highest BCUT2D eigenvalue weighted by Crippen LogP contribution is 2.13. The van der Waals surface area contributed by atoms with E-state index in [0.29, 0.717) is 16.2 Å². The summed E-state index contributed by atoms with van der Waals surface area (Å²) in [5.74, 6) is -5.10. The minimum Gasteiger partial charge on any atom is -0.445 e. The van der Waals surface area contributed by atoms with E-state index in [2.05, 4.69) is 21.3 Å². The van der Waals surface area contributed by atoms with Crippen molar-refractivity contribution in [2.24, 2.45) is 11.7 Å². The number of ether oxygens (including phenoxy) is 1. The van der Waals surface area contributed by atoms with Crippen LogP contribution in [0.15, 0.2) is 36.4 Å². The highest BCUT2D eigenvalue weighted by Gasteiger charge is 2.39. The molecule has 1 aromatic carbocycles. The molecule has 1 aliphatic rings. The van der Waals surface area contributed by atoms with Gasteiger partial charge in [0.15, 0.2) is 5.25 Å². The molecular formula is C25H34N6O10S. The van der Waals surface area contributed by atoms with E-state index in [9.17, 15) is 41.7 Å². The monoisotopic (exact) mass is 610 g/mol. The van der Waals surface area contributed by atoms with Crippen LogP contribution in [-0.2, 0) is 45.4 Å². The zero-order chi connectivity index (χ0) is 31.6. The minimum atomic E-state index is -5.10. The summed E-state index contributed by atoms with van der Waals surface area (Å²) >= 11 is 0. The molecule has 6 amide bonds. The number of imide groups is 1. The fourth-order valence-corrected chi connectivity index (χ4v) is 4.22. The number of alkyl carbamates (subject to hydrolysis) is 1. The van der Waals surface area contributed by atoms with Crippen molar-refractivity contribution >= 4 is 51.4 Å². The maximum absolute atomic E-state index is 12.9. The molecule has 0 aromatic heterocycles. The van der Waals surface area contributed by atoms with E-state index in [1.165, 1.54) is 6.92 Å². The molecule has 16 nitrogen and oxygen atoms in total. The number of nitrogens with one attached hydrogen (secondary N) is 4. The van der Waals surface area contributed by atoms with E-state index in [4.69, 9.17) is 10.5 Å². The van der Waals surface area contributed by atoms with E-state index in [0.717, 1.165) is 12.2 Å². The van der Waals surface area contributed by atoms with Gasteiger partial charge in [0, 0.05) is 30.9 Å². The number of carbonyl (C=O) groups is 6. The third-order valence-corrected chi connectivity index (χ3v) is 6.99. The van der Waals surface area contributed by atoms with Crippen molar-refractivity contribution in [3.8, 4) is 0 Å². The molecule has 1 aromatic rings. The van der Waals surface area contributed by atoms with Crippen LogP contribution in [0, 0.1) is 5.92 Å². The lowest BCUT2D eigenvalue weighted by molar-refractivity contribution is -0.137. The van der Waals surface area contributed by atoms with Crippen molar-refractivity contribution < 1.29 is 46.5 Å². The van der Waals surface area contributed by atoms with Gasteiger partial charge in [0.1, 0.15) is 18.7 Å². The second-order valence-electron chi connectivity index (χ2n) is 9.56. The van der Waals surface area contributed by atoms with Crippen LogP contribution in [0.25, 0.3) is 0 Å². The standard InChI is InChI=1S/C25H34N6O10S/c1-14(2)21(30-23(35)18(42(38,39)40)12-31-19(32)8-9-20(31)33)24(36)28-15(3)22(34)29-17-6-4-16(5-7-17)13-41-25(37)27-11-10-26/h4-9,14-15,18,21H,10-13,26H2,1-3H3,(H,27,37)(H,28,36)(H,29,34)(H,30,35)(H,38,39,40)/t15-,18?,21-/m0/s1. The molecule has 7 N–H and O–H groups in total. The second kappa shape index (κ2) is 15.0. The van der Waals surface area contributed by atoms with Gasteiger partial charge >= 0.3 is 6.09 Å². The third-order valence-electron chi connectivity index (χ3n) is 5.90. The molecule has 0 bridgehead atoms. The minimum absolute atomic E-state index is 0.0145. The van der Waals surface area contributed by atoms with Gasteiger partial charge in [-0.2, -0.15) is 8.42 Å². The zero-order valence-corrected chi connectivity index (χ0v) is 24.0. The molecule has 42 heavy (non-hydrogen) atoms. The molecule has 1 heterocycles. The van der Waals surface area contributed by atoms with Crippen molar-refractivity contribution in [2.45, 2.75) is 44.7 Å². The van der Waals surface area contributed by atoms with Crippen molar-refractivity contribution in [1.29, 1.82) is 0 Å². The van der Waals surface area contributed by atoms with Gasteiger partial charge < -0.3 is 31.7 Å². The van der Waals surface area contributed by atoms with Gasteiger partial charge in [-0.05, 0) is 30.5 Å². The van der Waals surface area contributed by atoms with Crippen LogP contribution < -0.4 is 27.0 Å². The average Bonchev–Trinajstić information content (AvgIpc) is 3.23. The lowest BCUT2D eigenvalue weighted by Crippen LogP contribution is -2.57. The summed E-state index contributed by atoms with van der Waals surface area (Å²) in [4.78, 5) is 74.0. The third kappa shape index (κ3) is 9.93. The van der Waals surface area contributed by atoms with Gasteiger partial charge in [-0.3, -0.25) is 33.4 Å². The Bertz CT molecular complexity index is 1310. The first-order valence-corrected chi connectivity index (χ1v) is 14.3. The lowest BCUT2D eigenvalue weighted by Gasteiger charge is -2.26. The smallest absolute Gasteiger partial charge is 0.407 e. The van der Waals surface area contributed by atoms with Gasteiger partial charge in [0.25, 0.3) is 21.9 Å². The predicted octanol–water partition coefficient (Wildman–Crippen LogP) is -1.36. The van der Waals surface area contributed by atoms with E-state index in [1.54, 1.807) is 38.1 Å². The second-order valence-corrected chi connectivity index (χ2v) is 11.2. The quantitative estimate of drug-likeness (QED) is 0.106. The Kier molecular flexibility index (Phi) is 12.1. The number of nitrogens with two attached hydrogens (primary N) is 1. The highest BCUT2D eigenvalue weighted by molar-refractivity contribution is 7.87. The van der Waals surface area contributed by atoms with Gasteiger partial charge in [0.05, 0.1) is 6.54 Å². The first-order chi connectivity index (χ1) is 19.6. The summed E-state index contributed by atoms with van der Waals surface area (Å²) < 4.78 is 38.4. The van der Waals surface area contributed by atoms with Crippen molar-refractivity contribution in [1.82, 2.24) is 20.9 Å². The summed E-state index contributed by atoms with van der Waals surface area (Å²) in [6.45, 7) is 4.03. The Hall–Kier alpha value is -4.35. The fourth-order valence-electron chi connectivity index (χ4n) is 3.55. The number of benzene rings is 1. The summed E-state index contributed by atoms with van der Waals surface area (Å²) in [6, 6.07) is 3.89. The Morgan fingerprint density at radius 2 is 1.55 bits per heavy atom. The Labute approximate surface area is 242 Å². The van der Waals surface area contributed by atoms with Crippen LogP contribution in [0.2, 0.25) is 0 Å². The van der Waals surface area contributed by atoms with Crippen LogP contribution in [0.5, 0.6) is 0 Å². The molecule has 0 aliphatic carbocycles. The summed E-state index contributed by atoms with van der Waals surface area (Å²) in [7, 11) is -5.10. The maximum Gasteiger partial charge on any atom is 0.407 e. The molecule has 3 atom stereocenters. The molecular weight excluding hydrogens is 576 g/mol. The largest absolute Gasteiger partial charge is 0.445 e. The van der Waals surface area contributed by atoms with Crippen LogP contribution in [0.4, 0.5) is 10.5 Å². The normalized spacial score (nSPS) is 15.1. The van der Waals surface area contributed by atoms with Crippen molar-refractivity contribution in [2.75, 3.05) is 25.0 Å². The SMILES string of the molecule is CC(C)[C@H](NC(=O)C(CN1C(=O)C=CC1=O)S(=O)(=O)O)C(=O)N[C@@H](C)C(=O)Nc1ccc(COC(=O)NCCN)cc1. The fraction of sp³-hybridized carbons (Fsp3) is 0.440. The molecule has 230 valence electrons. The first kappa shape index (κ1) is 33.9. The van der Waals surface area contributed by atoms with Gasteiger partial charge in [-0.1, -0.05) is 26.0 Å². The number of rotatable bonds is 14. The number of hydrogen-bond donors (Lipinski definition) is 6. The summed E-state index contributed by atoms with van der Waals surface area (Å²) in [5.41, 5.74) is 6.32. The van der Waals surface area contributed by atoms with Gasteiger partial charge in [-0.15, -0.1) is 0 Å². The van der Waals surface area contributed by atoms with Gasteiger partial charge in [0.2, 0.25) is 17.7 Å². The van der Waals surface area contributed by atoms with Crippen LogP contribution in [0.3, 0.4) is 0 Å². The number of nitrogens with zero attached hydrogens (tertiary/aromatic N) is 1. The highest BCUT2D eigenvalue weighted by atomic mass is 32.2. The molecule has 17 heteroatoms. The number of hydrogen-bond acceptors (Lipinski definition) is 10. The summed E-state index contributed by atoms with van der Waals surface area (Å²) in [6.07, 6.45) is 1.14. The average molecular weight is 611 g/mol. The first-order valence-electron chi connectivity index (χ1n) is 12.7. The Morgan fingerprint density at radius 1 is 0.952 bits per heavy atom. The molecule has 0 radical (unpaired) electrons. The maximum atomic E-state index is 12.9. The van der Waals surface area contributed by atoms with Crippen LogP contribution in [-0.4, -0.2) is 90.5 Å². The molecule has 0 fully saturated rings. The zero-order valence-electron chi connectivity index (χ0n) is 23.2. The van der Waals surface area contributed by atoms with Crippen molar-refractivity contribution in [3.05, 3.63) is 42.0 Å². The van der Waals surface area contributed by atoms with Crippen molar-refractivity contribution in [3.63, 3.8) is 0 Å². The molecule has 0 spiro atoms. The predicted molar refractivity (Wildman–Crippen MR) is 148 cm³/mol. The van der Waals surface area contributed by atoms with E-state index < -0.39 is 75.5 Å². The van der Waals surface area contributed by atoms with Gasteiger partial charge in [-0.25, -0.2) is 4.79 Å². The topological polar surface area (TPSA) is 243 Å². The molecule has 2 rings (SSSR count). The lowest BCUT2D eigenvalue weighted by atomic mass is 10.0. The molecule has 0 saturated carbocycles. The number of amides is 6. The molecule has 1 aliphatic heterocycles. The van der Waals surface area contributed by atoms with Crippen LogP contribution in [0.1, 0.15) is 26.3 Å². The number of carbonyl (C=O) groups excluding carboxylic acids is 6. The van der Waals surface area contributed by atoms with E-state index >= 15 is 0 Å². The van der Waals surface area contributed by atoms with E-state index in [-0.39, 0.29) is 19.7 Å². The number of anilines is 1. The van der Waals surface area contributed by atoms with Crippen LogP contribution >= 0.6 is 0 Å². The Morgan fingerprint density at radius 3 is 2.07 bits per heavy atom. The Balaban J connectivity index is 1.98. The molecule has 0 saturated heterocycles. The molecule has 1 unspecified atom stereocenters. The van der Waals surface area contributed by atoms with E-state index in [1.807, 2.05) is 0 Å². The summed E-state index contributed by atoms with van der Waals surface area (Å²) in [5, 5.41) is 7.45.